The highest BCUT2D eigenvalue weighted by atomic mass is 19.1. The highest BCUT2D eigenvalue weighted by Crippen LogP contribution is 2.19. The van der Waals surface area contributed by atoms with Gasteiger partial charge in [-0.3, -0.25) is 4.99 Å². The molecular weight excluding hydrogens is 349 g/mol. The summed E-state index contributed by atoms with van der Waals surface area (Å²) < 4.78 is 18.6. The van der Waals surface area contributed by atoms with Crippen LogP contribution in [0.15, 0.2) is 29.4 Å². The molecule has 0 saturated heterocycles. The number of hydrogen-bond donors (Lipinski definition) is 4. The van der Waals surface area contributed by atoms with Crippen LogP contribution in [-0.2, 0) is 11.2 Å². The van der Waals surface area contributed by atoms with Crippen molar-refractivity contribution in [3.05, 3.63) is 35.8 Å². The third-order valence-corrected chi connectivity index (χ3v) is 3.73. The van der Waals surface area contributed by atoms with Crippen molar-refractivity contribution in [1.29, 1.82) is 0 Å². The van der Waals surface area contributed by atoms with Crippen LogP contribution < -0.4 is 16.0 Å². The van der Waals surface area contributed by atoms with Crippen LogP contribution >= 0.6 is 0 Å². The molecule has 0 aliphatic rings. The molecule has 7 nitrogen and oxygen atoms in total. The van der Waals surface area contributed by atoms with Crippen molar-refractivity contribution in [1.82, 2.24) is 20.9 Å². The predicted octanol–water partition coefficient (Wildman–Crippen LogP) is 2.54. The van der Waals surface area contributed by atoms with Crippen LogP contribution in [0.1, 0.15) is 26.3 Å². The summed E-state index contributed by atoms with van der Waals surface area (Å²) in [5.41, 5.74) is 1.45. The van der Waals surface area contributed by atoms with Crippen LogP contribution in [-0.4, -0.2) is 49.3 Å². The van der Waals surface area contributed by atoms with E-state index < -0.39 is 11.7 Å². The molecule has 0 aliphatic carbocycles. The molecule has 0 fully saturated rings. The van der Waals surface area contributed by atoms with Gasteiger partial charge in [-0.05, 0) is 51.0 Å². The SMILES string of the molecule is CN=C(NCCNC(=O)OC(C)(C)C)NCCc1c[nH]c2ccc(F)cc12. The fourth-order valence-electron chi connectivity index (χ4n) is 2.55. The number of nitrogens with one attached hydrogen (secondary N) is 4. The lowest BCUT2D eigenvalue weighted by atomic mass is 10.1. The Bertz CT molecular complexity index is 795. The van der Waals surface area contributed by atoms with Crippen molar-refractivity contribution < 1.29 is 13.9 Å². The Balaban J connectivity index is 1.71. The first-order valence-electron chi connectivity index (χ1n) is 8.95. The van der Waals surface area contributed by atoms with Gasteiger partial charge in [-0.15, -0.1) is 0 Å². The molecule has 1 heterocycles. The minimum Gasteiger partial charge on any atom is -0.444 e. The monoisotopic (exact) mass is 377 g/mol. The summed E-state index contributed by atoms with van der Waals surface area (Å²) in [6, 6.07) is 4.72. The number of carbonyl (C=O) groups is 1. The molecule has 0 unspecified atom stereocenters. The molecule has 2 rings (SSSR count). The number of fused-ring (bicyclic) bond motifs is 1. The van der Waals surface area contributed by atoms with Gasteiger partial charge in [-0.2, -0.15) is 0 Å². The number of aliphatic imine (C=N–C) groups is 1. The molecule has 4 N–H and O–H groups in total. The Kier molecular flexibility index (Phi) is 7.04. The smallest absolute Gasteiger partial charge is 0.407 e. The minimum atomic E-state index is -0.513. The van der Waals surface area contributed by atoms with E-state index in [2.05, 4.69) is 25.9 Å². The molecule has 27 heavy (non-hydrogen) atoms. The van der Waals surface area contributed by atoms with Gasteiger partial charge in [0.2, 0.25) is 0 Å². The number of nitrogens with zero attached hydrogens (tertiary/aromatic N) is 1. The number of rotatable bonds is 6. The van der Waals surface area contributed by atoms with Crippen molar-refractivity contribution in [3.63, 3.8) is 0 Å². The van der Waals surface area contributed by atoms with Crippen molar-refractivity contribution >= 4 is 23.0 Å². The van der Waals surface area contributed by atoms with Gasteiger partial charge in [0.1, 0.15) is 11.4 Å². The van der Waals surface area contributed by atoms with E-state index >= 15 is 0 Å². The van der Waals surface area contributed by atoms with E-state index in [0.29, 0.717) is 25.6 Å². The van der Waals surface area contributed by atoms with Crippen LogP contribution in [0, 0.1) is 5.82 Å². The first-order chi connectivity index (χ1) is 12.8. The van der Waals surface area contributed by atoms with E-state index in [1.165, 1.54) is 12.1 Å². The molecule has 0 atom stereocenters. The van der Waals surface area contributed by atoms with Crippen LogP contribution in [0.2, 0.25) is 0 Å². The lowest BCUT2D eigenvalue weighted by Gasteiger charge is -2.19. The normalized spacial score (nSPS) is 12.1. The van der Waals surface area contributed by atoms with Crippen LogP contribution in [0.4, 0.5) is 9.18 Å². The molecule has 1 aromatic heterocycles. The number of aromatic amines is 1. The summed E-state index contributed by atoms with van der Waals surface area (Å²) in [4.78, 5) is 18.9. The van der Waals surface area contributed by atoms with Gasteiger partial charge in [-0.25, -0.2) is 9.18 Å². The van der Waals surface area contributed by atoms with Gasteiger partial charge >= 0.3 is 6.09 Å². The number of benzene rings is 1. The fraction of sp³-hybridized carbons (Fsp3) is 0.474. The molecule has 8 heteroatoms. The van der Waals surface area contributed by atoms with Crippen LogP contribution in [0.3, 0.4) is 0 Å². The Morgan fingerprint density at radius 1 is 1.19 bits per heavy atom. The average molecular weight is 377 g/mol. The molecule has 148 valence electrons. The molecule has 0 saturated carbocycles. The van der Waals surface area contributed by atoms with E-state index in [4.69, 9.17) is 4.74 Å². The Morgan fingerprint density at radius 3 is 2.59 bits per heavy atom. The standard InChI is InChI=1S/C19H28FN5O2/c1-19(2,3)27-18(26)24-10-9-23-17(21-4)22-8-7-13-12-25-16-6-5-14(20)11-15(13)16/h5-6,11-12,25H,7-10H2,1-4H3,(H,24,26)(H2,21,22,23). The van der Waals surface area contributed by atoms with E-state index in [1.807, 2.05) is 27.0 Å². The van der Waals surface area contributed by atoms with Crippen molar-refractivity contribution in [2.45, 2.75) is 32.8 Å². The van der Waals surface area contributed by atoms with E-state index in [1.54, 1.807) is 13.1 Å². The molecular formula is C19H28FN5O2. The number of carbonyl (C=O) groups excluding carboxylic acids is 1. The maximum atomic E-state index is 13.4. The maximum Gasteiger partial charge on any atom is 0.407 e. The number of alkyl carbamates (subject to hydrolysis) is 1. The molecule has 1 aromatic carbocycles. The molecule has 0 spiro atoms. The summed E-state index contributed by atoms with van der Waals surface area (Å²) in [6.45, 7) is 7.02. The first kappa shape index (κ1) is 20.5. The van der Waals surface area contributed by atoms with E-state index in [0.717, 1.165) is 22.9 Å². The Labute approximate surface area is 158 Å². The van der Waals surface area contributed by atoms with Crippen molar-refractivity contribution in [2.75, 3.05) is 26.7 Å². The van der Waals surface area contributed by atoms with E-state index in [9.17, 15) is 9.18 Å². The van der Waals surface area contributed by atoms with Gasteiger partial charge < -0.3 is 25.7 Å². The lowest BCUT2D eigenvalue weighted by molar-refractivity contribution is 0.0529. The zero-order valence-corrected chi connectivity index (χ0v) is 16.3. The number of amides is 1. The number of halogens is 1. The van der Waals surface area contributed by atoms with Gasteiger partial charge in [0.05, 0.1) is 0 Å². The summed E-state index contributed by atoms with van der Waals surface area (Å²) in [6.07, 6.45) is 2.17. The number of guanidine groups is 1. The molecule has 0 aliphatic heterocycles. The number of aromatic nitrogens is 1. The third-order valence-electron chi connectivity index (χ3n) is 3.73. The first-order valence-corrected chi connectivity index (χ1v) is 8.95. The van der Waals surface area contributed by atoms with Gasteiger partial charge in [0.25, 0.3) is 0 Å². The van der Waals surface area contributed by atoms with Crippen LogP contribution in [0.25, 0.3) is 10.9 Å². The number of ether oxygens (including phenoxy) is 1. The van der Waals surface area contributed by atoms with Crippen LogP contribution in [0.5, 0.6) is 0 Å². The Hall–Kier alpha value is -2.77. The zero-order valence-electron chi connectivity index (χ0n) is 16.3. The molecule has 0 radical (unpaired) electrons. The van der Waals surface area contributed by atoms with E-state index in [-0.39, 0.29) is 5.82 Å². The highest BCUT2D eigenvalue weighted by molar-refractivity contribution is 5.83. The summed E-state index contributed by atoms with van der Waals surface area (Å²) in [5, 5.41) is 9.88. The summed E-state index contributed by atoms with van der Waals surface area (Å²) in [5.74, 6) is 0.387. The predicted molar refractivity (Wildman–Crippen MR) is 106 cm³/mol. The Morgan fingerprint density at radius 2 is 1.89 bits per heavy atom. The quantitative estimate of drug-likeness (QED) is 0.354. The second-order valence-electron chi connectivity index (χ2n) is 7.11. The minimum absolute atomic E-state index is 0.244. The largest absolute Gasteiger partial charge is 0.444 e. The maximum absolute atomic E-state index is 13.4. The van der Waals surface area contributed by atoms with Gasteiger partial charge in [0.15, 0.2) is 5.96 Å². The zero-order chi connectivity index (χ0) is 19.9. The van der Waals surface area contributed by atoms with Crippen molar-refractivity contribution in [3.8, 4) is 0 Å². The third kappa shape index (κ3) is 6.80. The fourth-order valence-corrected chi connectivity index (χ4v) is 2.55. The van der Waals surface area contributed by atoms with Crippen molar-refractivity contribution in [2.24, 2.45) is 4.99 Å². The summed E-state index contributed by atoms with van der Waals surface area (Å²) in [7, 11) is 1.68. The topological polar surface area (TPSA) is 90.5 Å². The molecule has 1 amide bonds. The lowest BCUT2D eigenvalue weighted by Crippen LogP contribution is -2.42. The number of H-pyrrole nitrogens is 1. The summed E-state index contributed by atoms with van der Waals surface area (Å²) >= 11 is 0. The molecule has 2 aromatic rings. The second-order valence-corrected chi connectivity index (χ2v) is 7.11. The number of hydrogen-bond acceptors (Lipinski definition) is 3. The highest BCUT2D eigenvalue weighted by Gasteiger charge is 2.15. The van der Waals surface area contributed by atoms with Gasteiger partial charge in [-0.1, -0.05) is 0 Å². The molecule has 0 bridgehead atoms. The average Bonchev–Trinajstić information content (AvgIpc) is 2.97. The van der Waals surface area contributed by atoms with Gasteiger partial charge in [0, 0.05) is 43.8 Å². The second kappa shape index (κ2) is 9.25.